The summed E-state index contributed by atoms with van der Waals surface area (Å²) >= 11 is 6.06. The summed E-state index contributed by atoms with van der Waals surface area (Å²) in [5.41, 5.74) is 0.0657. The van der Waals surface area contributed by atoms with Gasteiger partial charge in [-0.1, -0.05) is 6.07 Å². The van der Waals surface area contributed by atoms with Gasteiger partial charge in [0.05, 0.1) is 0 Å². The zero-order chi connectivity index (χ0) is 12.1. The van der Waals surface area contributed by atoms with Gasteiger partial charge in [0.2, 0.25) is 0 Å². The molecule has 17 heavy (non-hydrogen) atoms. The van der Waals surface area contributed by atoms with Crippen molar-refractivity contribution in [2.75, 3.05) is 13.1 Å². The number of halogens is 1. The molecule has 94 valence electrons. The van der Waals surface area contributed by atoms with E-state index in [1.165, 1.54) is 6.42 Å². The van der Waals surface area contributed by atoms with E-state index in [0.717, 1.165) is 32.5 Å². The second-order valence-corrected chi connectivity index (χ2v) is 5.33. The summed E-state index contributed by atoms with van der Waals surface area (Å²) in [6, 6.07) is 5.25. The summed E-state index contributed by atoms with van der Waals surface area (Å²) in [5, 5.41) is 3.78. The minimum atomic E-state index is 0.0657. The molecule has 0 spiro atoms. The third-order valence-electron chi connectivity index (χ3n) is 3.34. The first-order valence-corrected chi connectivity index (χ1v) is 6.69. The maximum absolute atomic E-state index is 11.4. The van der Waals surface area contributed by atoms with E-state index in [2.05, 4.69) is 5.32 Å². The largest absolute Gasteiger partial charge is 0.315 e. The quantitative estimate of drug-likeness (QED) is 0.643. The highest BCUT2D eigenvalue weighted by atomic mass is 35.5. The fourth-order valence-electron chi connectivity index (χ4n) is 2.35. The number of nitrogens with one attached hydrogen (secondary N) is 1. The van der Waals surface area contributed by atoms with E-state index in [1.54, 1.807) is 16.7 Å². The molecule has 1 aromatic heterocycles. The van der Waals surface area contributed by atoms with E-state index in [0.29, 0.717) is 11.3 Å². The number of alkyl halides is 1. The number of aromatic nitrogens is 1. The van der Waals surface area contributed by atoms with Crippen LogP contribution in [0.2, 0.25) is 0 Å². The molecule has 2 unspecified atom stereocenters. The number of hydrogen-bond donors (Lipinski definition) is 1. The Bertz CT molecular complexity index is 404. The van der Waals surface area contributed by atoms with E-state index in [-0.39, 0.29) is 5.56 Å². The summed E-state index contributed by atoms with van der Waals surface area (Å²) in [6.45, 7) is 2.59. The first-order valence-electron chi connectivity index (χ1n) is 6.26. The van der Waals surface area contributed by atoms with Crippen molar-refractivity contribution >= 4 is 11.6 Å². The molecule has 1 heterocycles. The lowest BCUT2D eigenvalue weighted by atomic mass is 10.1. The Labute approximate surface area is 107 Å². The molecule has 0 radical (unpaired) electrons. The molecule has 1 aromatic rings. The van der Waals surface area contributed by atoms with Crippen molar-refractivity contribution < 1.29 is 0 Å². The molecule has 2 atom stereocenters. The van der Waals surface area contributed by atoms with Crippen molar-refractivity contribution in [2.45, 2.75) is 31.2 Å². The summed E-state index contributed by atoms with van der Waals surface area (Å²) in [7, 11) is 0. The van der Waals surface area contributed by atoms with Crippen LogP contribution in [0.5, 0.6) is 0 Å². The Hall–Kier alpha value is -0.800. The molecule has 0 saturated heterocycles. The molecule has 0 amide bonds. The lowest BCUT2D eigenvalue weighted by Crippen LogP contribution is -2.28. The van der Waals surface area contributed by atoms with Gasteiger partial charge in [-0.05, 0) is 37.8 Å². The molecule has 1 aliphatic carbocycles. The van der Waals surface area contributed by atoms with Gasteiger partial charge in [-0.15, -0.1) is 11.6 Å². The van der Waals surface area contributed by atoms with Crippen molar-refractivity contribution in [3.8, 4) is 0 Å². The van der Waals surface area contributed by atoms with Crippen molar-refractivity contribution in [1.82, 2.24) is 9.88 Å². The van der Waals surface area contributed by atoms with Gasteiger partial charge in [-0.3, -0.25) is 4.79 Å². The van der Waals surface area contributed by atoms with Crippen molar-refractivity contribution in [1.29, 1.82) is 0 Å². The van der Waals surface area contributed by atoms with Gasteiger partial charge in [0.25, 0.3) is 5.56 Å². The van der Waals surface area contributed by atoms with Gasteiger partial charge < -0.3 is 9.88 Å². The molecular formula is C13H19ClN2O. The van der Waals surface area contributed by atoms with Gasteiger partial charge in [-0.25, -0.2) is 0 Å². The van der Waals surface area contributed by atoms with E-state index in [9.17, 15) is 4.79 Å². The fraction of sp³-hybridized carbons (Fsp3) is 0.615. The molecule has 1 saturated carbocycles. The molecule has 2 rings (SSSR count). The van der Waals surface area contributed by atoms with Gasteiger partial charge in [0.1, 0.15) is 0 Å². The normalized spacial score (nSPS) is 24.1. The third kappa shape index (κ3) is 3.86. The Morgan fingerprint density at radius 2 is 2.29 bits per heavy atom. The third-order valence-corrected chi connectivity index (χ3v) is 3.74. The number of pyridine rings is 1. The minimum absolute atomic E-state index is 0.0657. The predicted octanol–water partition coefficient (Wildman–Crippen LogP) is 1.85. The van der Waals surface area contributed by atoms with Gasteiger partial charge in [0.15, 0.2) is 0 Å². The topological polar surface area (TPSA) is 34.0 Å². The van der Waals surface area contributed by atoms with Crippen LogP contribution in [-0.4, -0.2) is 23.0 Å². The second-order valence-electron chi connectivity index (χ2n) is 4.71. The summed E-state index contributed by atoms with van der Waals surface area (Å²) in [6.07, 6.45) is 5.33. The molecule has 1 fully saturated rings. The number of hydrogen-bond acceptors (Lipinski definition) is 2. The summed E-state index contributed by atoms with van der Waals surface area (Å²) in [5.74, 6) is 0.713. The van der Waals surface area contributed by atoms with Crippen molar-refractivity contribution in [3.63, 3.8) is 0 Å². The fourth-order valence-corrected chi connectivity index (χ4v) is 2.73. The first-order chi connectivity index (χ1) is 8.25. The monoisotopic (exact) mass is 254 g/mol. The predicted molar refractivity (Wildman–Crippen MR) is 70.6 cm³/mol. The molecule has 4 heteroatoms. The van der Waals surface area contributed by atoms with Crippen LogP contribution in [0.25, 0.3) is 0 Å². The van der Waals surface area contributed by atoms with Crippen LogP contribution >= 0.6 is 11.6 Å². The van der Waals surface area contributed by atoms with Crippen molar-refractivity contribution in [3.05, 3.63) is 34.7 Å². The Balaban J connectivity index is 1.67. The molecule has 0 bridgehead atoms. The van der Waals surface area contributed by atoms with Crippen molar-refractivity contribution in [2.24, 2.45) is 5.92 Å². The van der Waals surface area contributed by atoms with Crippen LogP contribution in [0, 0.1) is 5.92 Å². The van der Waals surface area contributed by atoms with Gasteiger partial charge in [-0.2, -0.15) is 0 Å². The van der Waals surface area contributed by atoms with Gasteiger partial charge >= 0.3 is 0 Å². The minimum Gasteiger partial charge on any atom is -0.315 e. The maximum Gasteiger partial charge on any atom is 0.250 e. The maximum atomic E-state index is 11.4. The average Bonchev–Trinajstić information content (AvgIpc) is 2.73. The van der Waals surface area contributed by atoms with Crippen LogP contribution < -0.4 is 10.9 Å². The van der Waals surface area contributed by atoms with Crippen LogP contribution in [0.1, 0.15) is 19.3 Å². The zero-order valence-electron chi connectivity index (χ0n) is 9.94. The Morgan fingerprint density at radius 3 is 3.00 bits per heavy atom. The van der Waals surface area contributed by atoms with Crippen LogP contribution in [-0.2, 0) is 6.54 Å². The SMILES string of the molecule is O=c1ccccn1CCNCC1CCC(Cl)C1. The lowest BCUT2D eigenvalue weighted by Gasteiger charge is -2.11. The standard InChI is InChI=1S/C13H19ClN2O/c14-12-5-4-11(9-12)10-15-6-8-16-7-2-1-3-13(16)17/h1-3,7,11-12,15H,4-6,8-10H2. The lowest BCUT2D eigenvalue weighted by molar-refractivity contribution is 0.474. The molecule has 1 N–H and O–H groups in total. The summed E-state index contributed by atoms with van der Waals surface area (Å²) in [4.78, 5) is 11.4. The van der Waals surface area contributed by atoms with Crippen LogP contribution in [0.3, 0.4) is 0 Å². The molecule has 1 aliphatic rings. The molecule has 0 aromatic carbocycles. The van der Waals surface area contributed by atoms with E-state index < -0.39 is 0 Å². The number of nitrogens with zero attached hydrogens (tertiary/aromatic N) is 1. The highest BCUT2D eigenvalue weighted by Gasteiger charge is 2.21. The van der Waals surface area contributed by atoms with Gasteiger partial charge in [0, 0.05) is 30.7 Å². The molecule has 0 aliphatic heterocycles. The van der Waals surface area contributed by atoms with Crippen LogP contribution in [0.4, 0.5) is 0 Å². The molecular weight excluding hydrogens is 236 g/mol. The van der Waals surface area contributed by atoms with E-state index in [4.69, 9.17) is 11.6 Å². The smallest absolute Gasteiger partial charge is 0.250 e. The average molecular weight is 255 g/mol. The second kappa shape index (κ2) is 6.22. The first kappa shape index (κ1) is 12.7. The summed E-state index contributed by atoms with van der Waals surface area (Å²) < 4.78 is 1.73. The van der Waals surface area contributed by atoms with E-state index in [1.807, 2.05) is 12.3 Å². The molecule has 3 nitrogen and oxygen atoms in total. The zero-order valence-corrected chi connectivity index (χ0v) is 10.7. The number of rotatable bonds is 5. The highest BCUT2D eigenvalue weighted by molar-refractivity contribution is 6.20. The Kier molecular flexibility index (Phi) is 4.63. The van der Waals surface area contributed by atoms with Crippen LogP contribution in [0.15, 0.2) is 29.2 Å². The highest BCUT2D eigenvalue weighted by Crippen LogP contribution is 2.28. The van der Waals surface area contributed by atoms with E-state index >= 15 is 0 Å². The Morgan fingerprint density at radius 1 is 1.41 bits per heavy atom.